The van der Waals surface area contributed by atoms with Crippen LogP contribution >= 0.6 is 0 Å². The van der Waals surface area contributed by atoms with E-state index >= 15 is 0 Å². The fraction of sp³-hybridized carbons (Fsp3) is 0.538. The van der Waals surface area contributed by atoms with Crippen molar-refractivity contribution in [3.63, 3.8) is 0 Å². The maximum Gasteiger partial charge on any atom is 0.253 e. The normalized spacial score (nSPS) is 23.6. The third kappa shape index (κ3) is 2.98. The summed E-state index contributed by atoms with van der Waals surface area (Å²) in [6.45, 7) is 0.600. The van der Waals surface area contributed by atoms with Gasteiger partial charge >= 0.3 is 0 Å². The van der Waals surface area contributed by atoms with Crippen molar-refractivity contribution in [1.82, 2.24) is 10.3 Å². The molecule has 1 aromatic heterocycles. The zero-order valence-corrected chi connectivity index (χ0v) is 10.3. The summed E-state index contributed by atoms with van der Waals surface area (Å²) in [5, 5.41) is 12.3. The van der Waals surface area contributed by atoms with E-state index in [2.05, 4.69) is 10.3 Å². The first-order valence-electron chi connectivity index (χ1n) is 6.35. The topological polar surface area (TPSA) is 88.2 Å². The van der Waals surface area contributed by atoms with Gasteiger partial charge in [-0.1, -0.05) is 12.8 Å². The lowest BCUT2D eigenvalue weighted by Gasteiger charge is -2.31. The smallest absolute Gasteiger partial charge is 0.253 e. The molecule has 0 aromatic carbocycles. The van der Waals surface area contributed by atoms with Crippen molar-refractivity contribution in [2.75, 3.05) is 6.54 Å². The van der Waals surface area contributed by atoms with Gasteiger partial charge in [-0.05, 0) is 31.4 Å². The number of aromatic nitrogens is 1. The molecule has 2 atom stereocenters. The number of hydrogen-bond donors (Lipinski definition) is 3. The van der Waals surface area contributed by atoms with Gasteiger partial charge in [-0.25, -0.2) is 0 Å². The summed E-state index contributed by atoms with van der Waals surface area (Å²) in [6.07, 6.45) is 7.11. The van der Waals surface area contributed by atoms with Crippen LogP contribution < -0.4 is 11.1 Å². The van der Waals surface area contributed by atoms with E-state index in [4.69, 9.17) is 5.73 Å². The highest BCUT2D eigenvalue weighted by Gasteiger charge is 2.25. The second-order valence-electron chi connectivity index (χ2n) is 4.79. The molecule has 0 bridgehead atoms. The third-order valence-corrected chi connectivity index (χ3v) is 3.51. The Morgan fingerprint density at radius 2 is 2.22 bits per heavy atom. The lowest BCUT2D eigenvalue weighted by Crippen LogP contribution is -2.44. The standard InChI is InChI=1S/C13H19N3O2/c14-6-9-3-1-2-4-12(9)16-13(18)10-5-11(17)8-15-7-10/h5,7-9,12,17H,1-4,6,14H2,(H,16,18). The highest BCUT2D eigenvalue weighted by Crippen LogP contribution is 2.23. The van der Waals surface area contributed by atoms with Gasteiger partial charge in [0.25, 0.3) is 5.91 Å². The molecule has 0 aliphatic heterocycles. The summed E-state index contributed by atoms with van der Waals surface area (Å²) in [7, 11) is 0. The van der Waals surface area contributed by atoms with Gasteiger partial charge in [0.2, 0.25) is 0 Å². The molecule has 0 spiro atoms. The minimum absolute atomic E-state index is 0.00155. The van der Waals surface area contributed by atoms with Crippen LogP contribution in [0, 0.1) is 5.92 Å². The summed E-state index contributed by atoms with van der Waals surface area (Å²) in [6, 6.07) is 1.56. The molecule has 1 heterocycles. The van der Waals surface area contributed by atoms with E-state index in [0.717, 1.165) is 19.3 Å². The highest BCUT2D eigenvalue weighted by atomic mass is 16.3. The van der Waals surface area contributed by atoms with Crippen LogP contribution in [-0.2, 0) is 0 Å². The van der Waals surface area contributed by atoms with E-state index in [-0.39, 0.29) is 17.7 Å². The minimum Gasteiger partial charge on any atom is -0.506 e. The number of carbonyl (C=O) groups is 1. The molecule has 1 fully saturated rings. The molecular weight excluding hydrogens is 230 g/mol. The van der Waals surface area contributed by atoms with E-state index in [9.17, 15) is 9.90 Å². The molecule has 2 unspecified atom stereocenters. The Balaban J connectivity index is 2.02. The van der Waals surface area contributed by atoms with Gasteiger partial charge < -0.3 is 16.2 Å². The molecule has 5 heteroatoms. The predicted octanol–water partition coefficient (Wildman–Crippen LogP) is 1.03. The SMILES string of the molecule is NCC1CCCCC1NC(=O)c1cncc(O)c1. The van der Waals surface area contributed by atoms with E-state index in [1.807, 2.05) is 0 Å². The fourth-order valence-corrected chi connectivity index (χ4v) is 2.48. The highest BCUT2D eigenvalue weighted by molar-refractivity contribution is 5.94. The maximum atomic E-state index is 12.0. The van der Waals surface area contributed by atoms with E-state index in [0.29, 0.717) is 18.0 Å². The Hall–Kier alpha value is -1.62. The van der Waals surface area contributed by atoms with Crippen molar-refractivity contribution < 1.29 is 9.90 Å². The zero-order chi connectivity index (χ0) is 13.0. The number of carbonyl (C=O) groups excluding carboxylic acids is 1. The lowest BCUT2D eigenvalue weighted by atomic mass is 9.84. The monoisotopic (exact) mass is 249 g/mol. The fourth-order valence-electron chi connectivity index (χ4n) is 2.48. The van der Waals surface area contributed by atoms with Crippen LogP contribution in [0.2, 0.25) is 0 Å². The van der Waals surface area contributed by atoms with Gasteiger partial charge in [-0.15, -0.1) is 0 Å². The number of nitrogens with zero attached hydrogens (tertiary/aromatic N) is 1. The Bertz CT molecular complexity index is 422. The van der Waals surface area contributed by atoms with E-state index in [1.165, 1.54) is 24.9 Å². The molecule has 1 aliphatic carbocycles. The zero-order valence-electron chi connectivity index (χ0n) is 10.3. The van der Waals surface area contributed by atoms with Gasteiger partial charge in [0.05, 0.1) is 11.8 Å². The minimum atomic E-state index is -0.191. The number of hydrogen-bond acceptors (Lipinski definition) is 4. The Kier molecular flexibility index (Phi) is 4.15. The van der Waals surface area contributed by atoms with Gasteiger partial charge in [0, 0.05) is 12.2 Å². The number of aromatic hydroxyl groups is 1. The first-order chi connectivity index (χ1) is 8.70. The van der Waals surface area contributed by atoms with Crippen molar-refractivity contribution in [3.05, 3.63) is 24.0 Å². The molecule has 1 saturated carbocycles. The molecular formula is C13H19N3O2. The summed E-state index contributed by atoms with van der Waals surface area (Å²) < 4.78 is 0. The molecule has 1 aliphatic rings. The van der Waals surface area contributed by atoms with E-state index < -0.39 is 0 Å². The summed E-state index contributed by atoms with van der Waals surface area (Å²) in [4.78, 5) is 15.8. The molecule has 5 nitrogen and oxygen atoms in total. The number of pyridine rings is 1. The number of rotatable bonds is 3. The van der Waals surface area contributed by atoms with Gasteiger partial charge in [0.15, 0.2) is 0 Å². The van der Waals surface area contributed by atoms with Crippen LogP contribution in [0.5, 0.6) is 5.75 Å². The van der Waals surface area contributed by atoms with Crippen molar-refractivity contribution in [2.24, 2.45) is 11.7 Å². The molecule has 4 N–H and O–H groups in total. The average Bonchev–Trinajstić information content (AvgIpc) is 2.39. The quantitative estimate of drug-likeness (QED) is 0.746. The van der Waals surface area contributed by atoms with Crippen LogP contribution in [0.25, 0.3) is 0 Å². The molecule has 0 radical (unpaired) electrons. The Morgan fingerprint density at radius 1 is 1.44 bits per heavy atom. The van der Waals surface area contributed by atoms with Gasteiger partial charge in [0.1, 0.15) is 5.75 Å². The molecule has 2 rings (SSSR count). The van der Waals surface area contributed by atoms with Crippen molar-refractivity contribution in [2.45, 2.75) is 31.7 Å². The summed E-state index contributed by atoms with van der Waals surface area (Å²) in [5.41, 5.74) is 6.11. The van der Waals surface area contributed by atoms with Crippen LogP contribution in [-0.4, -0.2) is 28.6 Å². The van der Waals surface area contributed by atoms with Crippen molar-refractivity contribution in [1.29, 1.82) is 0 Å². The second kappa shape index (κ2) is 5.82. The number of nitrogens with one attached hydrogen (secondary N) is 1. The van der Waals surface area contributed by atoms with Crippen LogP contribution in [0.1, 0.15) is 36.0 Å². The first-order valence-corrected chi connectivity index (χ1v) is 6.35. The van der Waals surface area contributed by atoms with Crippen LogP contribution in [0.15, 0.2) is 18.5 Å². The third-order valence-electron chi connectivity index (χ3n) is 3.51. The van der Waals surface area contributed by atoms with Crippen molar-refractivity contribution >= 4 is 5.91 Å². The number of nitrogens with two attached hydrogens (primary N) is 1. The van der Waals surface area contributed by atoms with Crippen LogP contribution in [0.3, 0.4) is 0 Å². The van der Waals surface area contributed by atoms with Crippen LogP contribution in [0.4, 0.5) is 0 Å². The van der Waals surface area contributed by atoms with Crippen molar-refractivity contribution in [3.8, 4) is 5.75 Å². The predicted molar refractivity (Wildman–Crippen MR) is 68.2 cm³/mol. The largest absolute Gasteiger partial charge is 0.506 e. The maximum absolute atomic E-state index is 12.0. The summed E-state index contributed by atoms with van der Waals surface area (Å²) >= 11 is 0. The molecule has 98 valence electrons. The summed E-state index contributed by atoms with van der Waals surface area (Å²) in [5.74, 6) is 0.165. The average molecular weight is 249 g/mol. The van der Waals surface area contributed by atoms with Gasteiger partial charge in [-0.3, -0.25) is 9.78 Å². The van der Waals surface area contributed by atoms with E-state index in [1.54, 1.807) is 0 Å². The first kappa shape index (κ1) is 12.8. The van der Waals surface area contributed by atoms with Gasteiger partial charge in [-0.2, -0.15) is 0 Å². The molecule has 18 heavy (non-hydrogen) atoms. The molecule has 0 saturated heterocycles. The lowest BCUT2D eigenvalue weighted by molar-refractivity contribution is 0.0907. The Morgan fingerprint density at radius 3 is 2.94 bits per heavy atom. The Labute approximate surface area is 106 Å². The second-order valence-corrected chi connectivity index (χ2v) is 4.79. The molecule has 1 amide bonds. The number of amides is 1. The molecule has 1 aromatic rings.